The molecule has 1 aromatic carbocycles. The maximum Gasteiger partial charge on any atom is 0.241 e. The molecule has 0 spiro atoms. The minimum absolute atomic E-state index is 0.0563. The van der Waals surface area contributed by atoms with E-state index < -0.39 is 10.0 Å². The Hall–Kier alpha value is -2.26. The third-order valence-electron chi connectivity index (χ3n) is 5.53. The lowest BCUT2D eigenvalue weighted by Crippen LogP contribution is -2.34. The van der Waals surface area contributed by atoms with E-state index in [1.54, 1.807) is 22.0 Å². The molecule has 1 atom stereocenters. The summed E-state index contributed by atoms with van der Waals surface area (Å²) in [5.41, 5.74) is 3.38. The molecular formula is C19H27N5O3S. The van der Waals surface area contributed by atoms with Gasteiger partial charge in [-0.2, -0.15) is 0 Å². The van der Waals surface area contributed by atoms with Crippen molar-refractivity contribution in [3.8, 4) is 0 Å². The van der Waals surface area contributed by atoms with Crippen LogP contribution in [0.25, 0.3) is 0 Å². The number of nitrogens with one attached hydrogen (secondary N) is 1. The summed E-state index contributed by atoms with van der Waals surface area (Å²) < 4.78 is 30.0. The van der Waals surface area contributed by atoms with Crippen molar-refractivity contribution in [3.63, 3.8) is 0 Å². The van der Waals surface area contributed by atoms with Crippen molar-refractivity contribution in [3.05, 3.63) is 40.7 Å². The van der Waals surface area contributed by atoms with Gasteiger partial charge in [-0.1, -0.05) is 11.3 Å². The number of amides is 1. The van der Waals surface area contributed by atoms with Gasteiger partial charge in [0.05, 0.1) is 17.1 Å². The highest BCUT2D eigenvalue weighted by atomic mass is 32.2. The van der Waals surface area contributed by atoms with Crippen molar-refractivity contribution in [1.29, 1.82) is 0 Å². The van der Waals surface area contributed by atoms with E-state index in [1.165, 1.54) is 0 Å². The largest absolute Gasteiger partial charge is 0.340 e. The lowest BCUT2D eigenvalue weighted by atomic mass is 10.0. The van der Waals surface area contributed by atoms with Crippen molar-refractivity contribution < 1.29 is 13.2 Å². The Kier molecular flexibility index (Phi) is 5.85. The summed E-state index contributed by atoms with van der Waals surface area (Å²) in [7, 11) is -3.68. The second kappa shape index (κ2) is 8.00. The van der Waals surface area contributed by atoms with Crippen LogP contribution >= 0.6 is 0 Å². The fourth-order valence-corrected chi connectivity index (χ4v) is 5.35. The molecule has 1 aliphatic heterocycles. The summed E-state index contributed by atoms with van der Waals surface area (Å²) in [4.78, 5) is 14.6. The van der Waals surface area contributed by atoms with E-state index in [1.807, 2.05) is 33.8 Å². The predicted octanol–water partition coefficient (Wildman–Crippen LogP) is 1.65. The van der Waals surface area contributed by atoms with Gasteiger partial charge in [-0.3, -0.25) is 4.79 Å². The predicted molar refractivity (Wildman–Crippen MR) is 105 cm³/mol. The van der Waals surface area contributed by atoms with Gasteiger partial charge in [0, 0.05) is 32.3 Å². The van der Waals surface area contributed by atoms with E-state index in [-0.39, 0.29) is 24.9 Å². The Morgan fingerprint density at radius 2 is 1.89 bits per heavy atom. The van der Waals surface area contributed by atoms with Crippen molar-refractivity contribution >= 4 is 15.9 Å². The van der Waals surface area contributed by atoms with Crippen molar-refractivity contribution in [2.45, 2.75) is 51.5 Å². The number of hydrogen-bond donors (Lipinski definition) is 1. The summed E-state index contributed by atoms with van der Waals surface area (Å²) in [6, 6.07) is 2.12. The van der Waals surface area contributed by atoms with Gasteiger partial charge in [-0.15, -0.1) is 5.10 Å². The minimum atomic E-state index is -3.68. The Bertz CT molecular complexity index is 944. The molecule has 1 N–H and O–H groups in total. The summed E-state index contributed by atoms with van der Waals surface area (Å²) in [6.07, 6.45) is 4.37. The molecular weight excluding hydrogens is 378 g/mol. The molecule has 1 amide bonds. The molecule has 0 aliphatic carbocycles. The maximum absolute atomic E-state index is 12.8. The number of benzene rings is 1. The Morgan fingerprint density at radius 3 is 2.50 bits per heavy atom. The van der Waals surface area contributed by atoms with Crippen LogP contribution in [-0.4, -0.2) is 53.9 Å². The molecule has 8 nitrogen and oxygen atoms in total. The molecule has 9 heteroatoms. The molecule has 1 fully saturated rings. The van der Waals surface area contributed by atoms with Crippen LogP contribution < -0.4 is 4.72 Å². The molecule has 2 heterocycles. The number of hydrogen-bond acceptors (Lipinski definition) is 5. The number of rotatable bonds is 6. The van der Waals surface area contributed by atoms with Gasteiger partial charge < -0.3 is 4.90 Å². The van der Waals surface area contributed by atoms with Crippen molar-refractivity contribution in [2.24, 2.45) is 0 Å². The first-order valence-electron chi connectivity index (χ1n) is 9.41. The number of aryl methyl sites for hydroxylation is 2. The van der Waals surface area contributed by atoms with Gasteiger partial charge in [0.2, 0.25) is 15.9 Å². The smallest absolute Gasteiger partial charge is 0.241 e. The molecule has 1 aliphatic rings. The van der Waals surface area contributed by atoms with Crippen LogP contribution in [0.2, 0.25) is 0 Å². The summed E-state index contributed by atoms with van der Waals surface area (Å²) in [6.45, 7) is 8.74. The summed E-state index contributed by atoms with van der Waals surface area (Å²) in [5, 5.41) is 7.79. The van der Waals surface area contributed by atoms with Crippen LogP contribution in [0, 0.1) is 27.7 Å². The first-order chi connectivity index (χ1) is 13.2. The molecule has 1 aromatic heterocycles. The highest BCUT2D eigenvalue weighted by molar-refractivity contribution is 7.89. The molecule has 28 heavy (non-hydrogen) atoms. The number of carbonyl (C=O) groups excluding carboxylic acids is 1. The van der Waals surface area contributed by atoms with Crippen LogP contribution in [0.1, 0.15) is 41.1 Å². The molecule has 0 radical (unpaired) electrons. The normalized spacial score (nSPS) is 17.3. The minimum Gasteiger partial charge on any atom is -0.340 e. The average Bonchev–Trinajstić information content (AvgIpc) is 3.31. The number of aromatic nitrogens is 3. The fourth-order valence-electron chi connectivity index (χ4n) is 3.70. The number of carbonyl (C=O) groups is 1. The topological polar surface area (TPSA) is 97.2 Å². The maximum atomic E-state index is 12.8. The molecule has 0 bridgehead atoms. The number of sulfonamides is 1. The molecule has 1 saturated heterocycles. The van der Waals surface area contributed by atoms with Gasteiger partial charge in [0.15, 0.2) is 0 Å². The van der Waals surface area contributed by atoms with Gasteiger partial charge in [0.1, 0.15) is 0 Å². The number of likely N-dealkylation sites (tertiary alicyclic amines) is 1. The third-order valence-corrected chi connectivity index (χ3v) is 7.26. The first kappa shape index (κ1) is 20.5. The second-order valence-corrected chi connectivity index (χ2v) is 9.11. The summed E-state index contributed by atoms with van der Waals surface area (Å²) in [5.74, 6) is -0.0563. The standard InChI is InChI=1S/C19H27N5O3S/c1-13-11-14(2)16(4)19(15(13)3)28(26,27)21-7-5-18(25)23-9-6-17(12-23)24-10-8-20-22-24/h8,10-11,17,21H,5-7,9,12H2,1-4H3/t17-/m1/s1. The Morgan fingerprint density at radius 1 is 1.21 bits per heavy atom. The molecule has 152 valence electrons. The SMILES string of the molecule is Cc1cc(C)c(C)c(S(=O)(=O)NCCC(=O)N2CC[C@@H](n3ccnn3)C2)c1C. The van der Waals surface area contributed by atoms with Crippen LogP contribution in [-0.2, 0) is 14.8 Å². The van der Waals surface area contributed by atoms with Crippen molar-refractivity contribution in [1.82, 2.24) is 24.6 Å². The second-order valence-electron chi connectivity index (χ2n) is 7.40. The van der Waals surface area contributed by atoms with Gasteiger partial charge >= 0.3 is 0 Å². The zero-order valence-electron chi connectivity index (χ0n) is 16.8. The van der Waals surface area contributed by atoms with Gasteiger partial charge in [0.25, 0.3) is 0 Å². The van der Waals surface area contributed by atoms with Crippen LogP contribution in [0.4, 0.5) is 0 Å². The lowest BCUT2D eigenvalue weighted by Gasteiger charge is -2.18. The molecule has 2 aromatic rings. The van der Waals surface area contributed by atoms with E-state index in [4.69, 9.17) is 0 Å². The fraction of sp³-hybridized carbons (Fsp3) is 0.526. The monoisotopic (exact) mass is 405 g/mol. The van der Waals surface area contributed by atoms with E-state index in [9.17, 15) is 13.2 Å². The third kappa shape index (κ3) is 4.10. The molecule has 0 unspecified atom stereocenters. The average molecular weight is 406 g/mol. The van der Waals surface area contributed by atoms with E-state index in [0.717, 1.165) is 28.7 Å². The zero-order valence-corrected chi connectivity index (χ0v) is 17.6. The van der Waals surface area contributed by atoms with Crippen LogP contribution in [0.15, 0.2) is 23.4 Å². The zero-order chi connectivity index (χ0) is 20.5. The van der Waals surface area contributed by atoms with E-state index >= 15 is 0 Å². The van der Waals surface area contributed by atoms with Crippen molar-refractivity contribution in [2.75, 3.05) is 19.6 Å². The first-order valence-corrected chi connectivity index (χ1v) is 10.9. The van der Waals surface area contributed by atoms with E-state index in [2.05, 4.69) is 15.0 Å². The van der Waals surface area contributed by atoms with Crippen LogP contribution in [0.5, 0.6) is 0 Å². The lowest BCUT2D eigenvalue weighted by molar-refractivity contribution is -0.130. The van der Waals surface area contributed by atoms with E-state index in [0.29, 0.717) is 18.0 Å². The molecule has 0 saturated carbocycles. The summed E-state index contributed by atoms with van der Waals surface area (Å²) >= 11 is 0. The quantitative estimate of drug-likeness (QED) is 0.788. The molecule has 3 rings (SSSR count). The Labute approximate surface area is 166 Å². The Balaban J connectivity index is 1.60. The highest BCUT2D eigenvalue weighted by Crippen LogP contribution is 2.26. The van der Waals surface area contributed by atoms with Gasteiger partial charge in [-0.05, 0) is 56.4 Å². The number of nitrogens with zero attached hydrogens (tertiary/aromatic N) is 4. The highest BCUT2D eigenvalue weighted by Gasteiger charge is 2.28. The van der Waals surface area contributed by atoms with Crippen LogP contribution in [0.3, 0.4) is 0 Å². The van der Waals surface area contributed by atoms with Gasteiger partial charge in [-0.25, -0.2) is 17.8 Å².